The fourth-order valence-electron chi connectivity index (χ4n) is 1.64. The molecule has 1 N–H and O–H groups in total. The Morgan fingerprint density at radius 1 is 0.950 bits per heavy atom. The Balaban J connectivity index is 2.44. The number of para-hydroxylation sites is 2. The summed E-state index contributed by atoms with van der Waals surface area (Å²) >= 11 is 0. The first-order chi connectivity index (χ1) is 9.39. The molecule has 0 bridgehead atoms. The maximum Gasteiger partial charge on any atom is 0.419 e. The molecule has 0 spiro atoms. The van der Waals surface area contributed by atoms with Crippen molar-refractivity contribution in [2.24, 2.45) is 0 Å². The van der Waals surface area contributed by atoms with Gasteiger partial charge >= 0.3 is 12.1 Å². The molecule has 2 aromatic rings. The third-order valence-electron chi connectivity index (χ3n) is 2.53. The minimum Gasteiger partial charge on any atom is -0.478 e. The van der Waals surface area contributed by atoms with Crippen LogP contribution in [0.15, 0.2) is 48.5 Å². The first-order valence-electron chi connectivity index (χ1n) is 5.56. The number of ether oxygens (including phenoxy) is 1. The van der Waals surface area contributed by atoms with Crippen molar-refractivity contribution in [1.29, 1.82) is 0 Å². The molecule has 6 heteroatoms. The van der Waals surface area contributed by atoms with E-state index in [1.165, 1.54) is 36.4 Å². The summed E-state index contributed by atoms with van der Waals surface area (Å²) in [6.45, 7) is 0. The summed E-state index contributed by atoms with van der Waals surface area (Å²) in [5.41, 5.74) is -1.16. The zero-order chi connectivity index (χ0) is 14.8. The van der Waals surface area contributed by atoms with E-state index in [9.17, 15) is 18.0 Å². The number of carboxylic acids is 1. The van der Waals surface area contributed by atoms with Gasteiger partial charge in [0.15, 0.2) is 0 Å². The Kier molecular flexibility index (Phi) is 3.65. The molecular weight excluding hydrogens is 273 g/mol. The monoisotopic (exact) mass is 282 g/mol. The van der Waals surface area contributed by atoms with Crippen molar-refractivity contribution in [3.63, 3.8) is 0 Å². The van der Waals surface area contributed by atoms with E-state index in [0.29, 0.717) is 0 Å². The molecule has 0 aliphatic carbocycles. The quantitative estimate of drug-likeness (QED) is 0.917. The van der Waals surface area contributed by atoms with Gasteiger partial charge in [0.05, 0.1) is 5.56 Å². The van der Waals surface area contributed by atoms with Crippen LogP contribution in [-0.2, 0) is 6.18 Å². The predicted molar refractivity (Wildman–Crippen MR) is 64.9 cm³/mol. The zero-order valence-corrected chi connectivity index (χ0v) is 10.0. The van der Waals surface area contributed by atoms with Gasteiger partial charge in [-0.05, 0) is 24.3 Å². The lowest BCUT2D eigenvalue weighted by atomic mass is 10.1. The lowest BCUT2D eigenvalue weighted by Crippen LogP contribution is -2.07. The first kappa shape index (κ1) is 13.9. The van der Waals surface area contributed by atoms with Crippen molar-refractivity contribution in [3.05, 3.63) is 59.7 Å². The predicted octanol–water partition coefficient (Wildman–Crippen LogP) is 4.20. The molecule has 0 unspecified atom stereocenters. The fraction of sp³-hybridized carbons (Fsp3) is 0.0714. The molecule has 0 aromatic heterocycles. The van der Waals surface area contributed by atoms with Crippen LogP contribution in [0, 0.1) is 0 Å². The van der Waals surface area contributed by atoms with E-state index >= 15 is 0 Å². The zero-order valence-electron chi connectivity index (χ0n) is 10.0. The Labute approximate surface area is 112 Å². The van der Waals surface area contributed by atoms with Gasteiger partial charge in [-0.25, -0.2) is 4.79 Å². The van der Waals surface area contributed by atoms with Gasteiger partial charge in [-0.15, -0.1) is 0 Å². The van der Waals surface area contributed by atoms with Crippen LogP contribution in [0.5, 0.6) is 11.5 Å². The Morgan fingerprint density at radius 2 is 1.50 bits per heavy atom. The molecule has 0 aliphatic rings. The minimum absolute atomic E-state index is 0.142. The molecule has 104 valence electrons. The second-order valence-corrected chi connectivity index (χ2v) is 3.90. The topological polar surface area (TPSA) is 46.5 Å². The van der Waals surface area contributed by atoms with Crippen LogP contribution in [0.4, 0.5) is 13.2 Å². The maximum atomic E-state index is 12.8. The van der Waals surface area contributed by atoms with E-state index in [0.717, 1.165) is 12.1 Å². The van der Waals surface area contributed by atoms with Gasteiger partial charge < -0.3 is 9.84 Å². The Bertz CT molecular complexity index is 636. The summed E-state index contributed by atoms with van der Waals surface area (Å²) < 4.78 is 43.6. The van der Waals surface area contributed by atoms with E-state index in [1.54, 1.807) is 0 Å². The van der Waals surface area contributed by atoms with Crippen LogP contribution < -0.4 is 4.74 Å². The van der Waals surface area contributed by atoms with E-state index < -0.39 is 23.5 Å². The summed E-state index contributed by atoms with van der Waals surface area (Å²) in [5, 5.41) is 8.97. The van der Waals surface area contributed by atoms with E-state index in [2.05, 4.69) is 0 Å². The smallest absolute Gasteiger partial charge is 0.419 e. The normalized spacial score (nSPS) is 11.2. The summed E-state index contributed by atoms with van der Waals surface area (Å²) in [4.78, 5) is 11.0. The number of halogens is 3. The van der Waals surface area contributed by atoms with Crippen molar-refractivity contribution in [2.45, 2.75) is 6.18 Å². The molecule has 0 radical (unpaired) electrons. The first-order valence-corrected chi connectivity index (χ1v) is 5.56. The summed E-state index contributed by atoms with van der Waals surface area (Å²) in [6, 6.07) is 10.1. The van der Waals surface area contributed by atoms with Gasteiger partial charge in [0.1, 0.15) is 17.1 Å². The highest BCUT2D eigenvalue weighted by Crippen LogP contribution is 2.38. The largest absolute Gasteiger partial charge is 0.478 e. The van der Waals surface area contributed by atoms with Crippen molar-refractivity contribution in [1.82, 2.24) is 0 Å². The van der Waals surface area contributed by atoms with Gasteiger partial charge in [-0.2, -0.15) is 13.2 Å². The molecule has 20 heavy (non-hydrogen) atoms. The molecule has 0 amide bonds. The molecule has 0 saturated carbocycles. The second kappa shape index (κ2) is 5.24. The fourth-order valence-corrected chi connectivity index (χ4v) is 1.64. The molecule has 0 aliphatic heterocycles. The third-order valence-corrected chi connectivity index (χ3v) is 2.53. The Morgan fingerprint density at radius 3 is 2.10 bits per heavy atom. The van der Waals surface area contributed by atoms with Gasteiger partial charge in [0, 0.05) is 0 Å². The minimum atomic E-state index is -4.57. The number of alkyl halides is 3. The van der Waals surface area contributed by atoms with Crippen LogP contribution >= 0.6 is 0 Å². The van der Waals surface area contributed by atoms with Crippen LogP contribution in [-0.4, -0.2) is 11.1 Å². The third kappa shape index (κ3) is 2.90. The van der Waals surface area contributed by atoms with Crippen LogP contribution in [0.1, 0.15) is 15.9 Å². The van der Waals surface area contributed by atoms with Gasteiger partial charge in [0.25, 0.3) is 0 Å². The highest BCUT2D eigenvalue weighted by molar-refractivity contribution is 5.90. The molecular formula is C14H9F3O3. The number of carbonyl (C=O) groups is 1. The van der Waals surface area contributed by atoms with Crippen LogP contribution in [0.3, 0.4) is 0 Å². The second-order valence-electron chi connectivity index (χ2n) is 3.90. The molecule has 2 aromatic carbocycles. The lowest BCUT2D eigenvalue weighted by Gasteiger charge is -2.14. The number of hydrogen-bond donors (Lipinski definition) is 1. The summed E-state index contributed by atoms with van der Waals surface area (Å²) in [6.07, 6.45) is -4.57. The van der Waals surface area contributed by atoms with E-state index in [4.69, 9.17) is 9.84 Å². The molecule has 3 nitrogen and oxygen atoms in total. The van der Waals surface area contributed by atoms with Crippen molar-refractivity contribution in [2.75, 3.05) is 0 Å². The average molecular weight is 282 g/mol. The van der Waals surface area contributed by atoms with Crippen molar-refractivity contribution < 1.29 is 27.8 Å². The Hall–Kier alpha value is -2.50. The molecule has 0 saturated heterocycles. The van der Waals surface area contributed by atoms with Crippen LogP contribution in [0.2, 0.25) is 0 Å². The molecule has 0 heterocycles. The van der Waals surface area contributed by atoms with E-state index in [1.807, 2.05) is 0 Å². The van der Waals surface area contributed by atoms with E-state index in [-0.39, 0.29) is 11.3 Å². The highest BCUT2D eigenvalue weighted by Gasteiger charge is 2.34. The maximum absolute atomic E-state index is 12.8. The highest BCUT2D eigenvalue weighted by atomic mass is 19.4. The summed E-state index contributed by atoms with van der Waals surface area (Å²) in [5.74, 6) is -1.85. The van der Waals surface area contributed by atoms with Crippen molar-refractivity contribution >= 4 is 5.97 Å². The number of benzene rings is 2. The van der Waals surface area contributed by atoms with Gasteiger partial charge in [-0.1, -0.05) is 24.3 Å². The number of carboxylic acid groups (broad SMARTS) is 1. The summed E-state index contributed by atoms with van der Waals surface area (Å²) in [7, 11) is 0. The number of hydrogen-bond acceptors (Lipinski definition) is 2. The molecule has 2 rings (SSSR count). The number of aromatic carboxylic acids is 1. The lowest BCUT2D eigenvalue weighted by molar-refractivity contribution is -0.138. The average Bonchev–Trinajstić information content (AvgIpc) is 2.38. The van der Waals surface area contributed by atoms with Gasteiger partial charge in [0.2, 0.25) is 0 Å². The van der Waals surface area contributed by atoms with Gasteiger partial charge in [-0.3, -0.25) is 0 Å². The standard InChI is InChI=1S/C14H9F3O3/c15-14(16,17)10-6-2-4-8-12(10)20-11-7-3-1-5-9(11)13(18)19/h1-8H,(H,18,19). The van der Waals surface area contributed by atoms with Crippen LogP contribution in [0.25, 0.3) is 0 Å². The SMILES string of the molecule is O=C(O)c1ccccc1Oc1ccccc1C(F)(F)F. The molecule has 0 atom stereocenters. The molecule has 0 fully saturated rings. The van der Waals surface area contributed by atoms with Crippen molar-refractivity contribution in [3.8, 4) is 11.5 Å². The number of rotatable bonds is 3.